The fourth-order valence-electron chi connectivity index (χ4n) is 0.909. The molecule has 10 heavy (non-hydrogen) atoms. The minimum Gasteiger partial charge on any atom is -0.361 e. The Balaban J connectivity index is 2.28. The van der Waals surface area contributed by atoms with Crippen LogP contribution in [0.1, 0.15) is 6.42 Å². The molecule has 1 saturated heterocycles. The van der Waals surface area contributed by atoms with Crippen LogP contribution in [0.15, 0.2) is 0 Å². The molecule has 1 heterocycles. The van der Waals surface area contributed by atoms with Gasteiger partial charge in [-0.2, -0.15) is 5.26 Å². The van der Waals surface area contributed by atoms with Crippen molar-refractivity contribution in [2.45, 2.75) is 6.42 Å². The number of nitrogens with one attached hydrogen (secondary N) is 1. The SMILES string of the molecule is N#CCCN1CCNC1=S. The summed E-state index contributed by atoms with van der Waals surface area (Å²) in [6.07, 6.45) is 0.557. The summed E-state index contributed by atoms with van der Waals surface area (Å²) in [4.78, 5) is 2.01. The van der Waals surface area contributed by atoms with Gasteiger partial charge in [0.15, 0.2) is 5.11 Å². The van der Waals surface area contributed by atoms with Gasteiger partial charge in [-0.15, -0.1) is 0 Å². The molecule has 0 aromatic heterocycles. The van der Waals surface area contributed by atoms with Gasteiger partial charge >= 0.3 is 0 Å². The summed E-state index contributed by atoms with van der Waals surface area (Å²) >= 11 is 4.96. The molecule has 0 radical (unpaired) electrons. The van der Waals surface area contributed by atoms with Gasteiger partial charge in [0.05, 0.1) is 12.5 Å². The summed E-state index contributed by atoms with van der Waals surface area (Å²) < 4.78 is 0. The molecule has 1 aliphatic heterocycles. The van der Waals surface area contributed by atoms with Crippen molar-refractivity contribution < 1.29 is 0 Å². The molecule has 3 nitrogen and oxygen atoms in total. The lowest BCUT2D eigenvalue weighted by Crippen LogP contribution is -2.28. The molecule has 0 atom stereocenters. The highest BCUT2D eigenvalue weighted by Gasteiger charge is 2.13. The number of hydrogen-bond acceptors (Lipinski definition) is 2. The van der Waals surface area contributed by atoms with Crippen molar-refractivity contribution in [2.24, 2.45) is 0 Å². The van der Waals surface area contributed by atoms with Crippen molar-refractivity contribution in [3.63, 3.8) is 0 Å². The van der Waals surface area contributed by atoms with E-state index in [-0.39, 0.29) is 0 Å². The first-order valence-electron chi connectivity index (χ1n) is 3.24. The molecule has 54 valence electrons. The lowest BCUT2D eigenvalue weighted by Gasteiger charge is -2.13. The molecule has 1 fully saturated rings. The van der Waals surface area contributed by atoms with E-state index in [0.717, 1.165) is 24.7 Å². The van der Waals surface area contributed by atoms with Gasteiger partial charge in [0.25, 0.3) is 0 Å². The van der Waals surface area contributed by atoms with E-state index in [1.165, 1.54) is 0 Å². The minimum atomic E-state index is 0.557. The zero-order chi connectivity index (χ0) is 7.40. The average Bonchev–Trinajstić information content (AvgIpc) is 2.31. The summed E-state index contributed by atoms with van der Waals surface area (Å²) in [5, 5.41) is 12.1. The van der Waals surface area contributed by atoms with Crippen LogP contribution in [0.2, 0.25) is 0 Å². The second-order valence-corrected chi connectivity index (χ2v) is 2.51. The zero-order valence-corrected chi connectivity index (χ0v) is 6.45. The Hall–Kier alpha value is -0.820. The zero-order valence-electron chi connectivity index (χ0n) is 5.63. The Morgan fingerprint density at radius 2 is 2.60 bits per heavy atom. The quantitative estimate of drug-likeness (QED) is 0.574. The van der Waals surface area contributed by atoms with E-state index < -0.39 is 0 Å². The monoisotopic (exact) mass is 155 g/mol. The molecule has 4 heteroatoms. The molecule has 0 unspecified atom stereocenters. The van der Waals surface area contributed by atoms with E-state index >= 15 is 0 Å². The fraction of sp³-hybridized carbons (Fsp3) is 0.667. The number of nitriles is 1. The maximum Gasteiger partial charge on any atom is 0.169 e. The lowest BCUT2D eigenvalue weighted by molar-refractivity contribution is 0.479. The van der Waals surface area contributed by atoms with Crippen molar-refractivity contribution in [1.82, 2.24) is 10.2 Å². The average molecular weight is 155 g/mol. The summed E-state index contributed by atoms with van der Waals surface area (Å²) in [5.41, 5.74) is 0. The molecule has 0 amide bonds. The van der Waals surface area contributed by atoms with Gasteiger partial charge in [0, 0.05) is 19.6 Å². The molecule has 0 aliphatic carbocycles. The number of thiocarbonyl (C=S) groups is 1. The third kappa shape index (κ3) is 1.58. The van der Waals surface area contributed by atoms with E-state index in [4.69, 9.17) is 17.5 Å². The van der Waals surface area contributed by atoms with E-state index in [1.54, 1.807) is 0 Å². The highest BCUT2D eigenvalue weighted by atomic mass is 32.1. The second-order valence-electron chi connectivity index (χ2n) is 2.13. The smallest absolute Gasteiger partial charge is 0.169 e. The highest BCUT2D eigenvalue weighted by Crippen LogP contribution is 1.97. The first-order chi connectivity index (χ1) is 4.84. The number of nitrogens with zero attached hydrogens (tertiary/aromatic N) is 2. The molecule has 0 saturated carbocycles. The topological polar surface area (TPSA) is 39.1 Å². The van der Waals surface area contributed by atoms with Crippen molar-refractivity contribution in [3.05, 3.63) is 0 Å². The normalized spacial score (nSPS) is 16.7. The summed E-state index contributed by atoms with van der Waals surface area (Å²) in [7, 11) is 0. The van der Waals surface area contributed by atoms with E-state index in [9.17, 15) is 0 Å². The molecular formula is C6H9N3S. The van der Waals surface area contributed by atoms with Crippen LogP contribution in [0.5, 0.6) is 0 Å². The second kappa shape index (κ2) is 3.37. The summed E-state index contributed by atoms with van der Waals surface area (Å²) in [6.45, 7) is 2.63. The third-order valence-electron chi connectivity index (χ3n) is 1.44. The van der Waals surface area contributed by atoms with E-state index in [2.05, 4.69) is 11.4 Å². The molecule has 1 rings (SSSR count). The maximum absolute atomic E-state index is 8.27. The van der Waals surface area contributed by atoms with Crippen LogP contribution in [0.25, 0.3) is 0 Å². The Kier molecular flexibility index (Phi) is 2.46. The Morgan fingerprint density at radius 3 is 3.10 bits per heavy atom. The van der Waals surface area contributed by atoms with Gasteiger partial charge in [-0.1, -0.05) is 0 Å². The molecular weight excluding hydrogens is 146 g/mol. The Bertz CT molecular complexity index is 172. The van der Waals surface area contributed by atoms with Gasteiger partial charge in [0.2, 0.25) is 0 Å². The van der Waals surface area contributed by atoms with Crippen LogP contribution >= 0.6 is 12.2 Å². The van der Waals surface area contributed by atoms with Crippen LogP contribution in [-0.4, -0.2) is 29.6 Å². The van der Waals surface area contributed by atoms with Crippen LogP contribution < -0.4 is 5.32 Å². The summed E-state index contributed by atoms with van der Waals surface area (Å²) in [5.74, 6) is 0. The number of hydrogen-bond donors (Lipinski definition) is 1. The van der Waals surface area contributed by atoms with Crippen molar-refractivity contribution >= 4 is 17.3 Å². The third-order valence-corrected chi connectivity index (χ3v) is 1.84. The summed E-state index contributed by atoms with van der Waals surface area (Å²) in [6, 6.07) is 2.09. The predicted molar refractivity (Wildman–Crippen MR) is 42.4 cm³/mol. The van der Waals surface area contributed by atoms with E-state index in [0.29, 0.717) is 6.42 Å². The standard InChI is InChI=1S/C6H9N3S/c7-2-1-4-9-5-3-8-6(9)10/h1,3-5H2,(H,8,10). The van der Waals surface area contributed by atoms with Gasteiger partial charge in [-0.05, 0) is 12.2 Å². The van der Waals surface area contributed by atoms with Crippen molar-refractivity contribution in [2.75, 3.05) is 19.6 Å². The van der Waals surface area contributed by atoms with Crippen LogP contribution in [-0.2, 0) is 0 Å². The first-order valence-corrected chi connectivity index (χ1v) is 3.65. The Morgan fingerprint density at radius 1 is 1.80 bits per heavy atom. The fourth-order valence-corrected chi connectivity index (χ4v) is 1.19. The minimum absolute atomic E-state index is 0.557. The molecule has 0 aromatic carbocycles. The van der Waals surface area contributed by atoms with Crippen LogP contribution in [0.3, 0.4) is 0 Å². The highest BCUT2D eigenvalue weighted by molar-refractivity contribution is 7.80. The number of rotatable bonds is 2. The van der Waals surface area contributed by atoms with Gasteiger partial charge in [0.1, 0.15) is 0 Å². The van der Waals surface area contributed by atoms with Gasteiger partial charge in [-0.3, -0.25) is 0 Å². The maximum atomic E-state index is 8.27. The van der Waals surface area contributed by atoms with Gasteiger partial charge in [-0.25, -0.2) is 0 Å². The molecule has 1 N–H and O–H groups in total. The predicted octanol–water partition coefficient (Wildman–Crippen LogP) is 0.0902. The Labute approximate surface area is 65.6 Å². The largest absolute Gasteiger partial charge is 0.361 e. The molecule has 0 spiro atoms. The van der Waals surface area contributed by atoms with Crippen LogP contribution in [0, 0.1) is 11.3 Å². The molecule has 1 aliphatic rings. The lowest BCUT2D eigenvalue weighted by atomic mass is 10.4. The van der Waals surface area contributed by atoms with E-state index in [1.807, 2.05) is 4.90 Å². The van der Waals surface area contributed by atoms with Crippen molar-refractivity contribution in [3.8, 4) is 6.07 Å². The molecule has 0 bridgehead atoms. The van der Waals surface area contributed by atoms with Crippen molar-refractivity contribution in [1.29, 1.82) is 5.26 Å². The van der Waals surface area contributed by atoms with Crippen LogP contribution in [0.4, 0.5) is 0 Å². The first kappa shape index (κ1) is 7.29. The molecule has 0 aromatic rings. The van der Waals surface area contributed by atoms with Gasteiger partial charge < -0.3 is 10.2 Å².